The van der Waals surface area contributed by atoms with E-state index in [4.69, 9.17) is 16.3 Å². The average Bonchev–Trinajstić information content (AvgIpc) is 3.59. The van der Waals surface area contributed by atoms with Gasteiger partial charge >= 0.3 is 12.2 Å². The largest absolute Gasteiger partial charge is 0.461 e. The number of piperazine rings is 1. The summed E-state index contributed by atoms with van der Waals surface area (Å²) < 4.78 is 76.3. The van der Waals surface area contributed by atoms with Gasteiger partial charge in [-0.25, -0.2) is 15.4 Å². The lowest BCUT2D eigenvalue weighted by Gasteiger charge is -2.41. The molecule has 2 aromatic rings. The van der Waals surface area contributed by atoms with Crippen LogP contribution in [0.2, 0.25) is 0 Å². The van der Waals surface area contributed by atoms with Crippen LogP contribution in [0.4, 0.5) is 33.5 Å². The molecule has 5 heterocycles. The van der Waals surface area contributed by atoms with Crippen LogP contribution in [0.25, 0.3) is 4.85 Å². The van der Waals surface area contributed by atoms with Crippen LogP contribution in [0.5, 0.6) is 6.01 Å². The van der Waals surface area contributed by atoms with Crippen LogP contribution in [0.3, 0.4) is 0 Å². The van der Waals surface area contributed by atoms with Gasteiger partial charge < -0.3 is 24.3 Å². The van der Waals surface area contributed by atoms with Crippen LogP contribution in [-0.4, -0.2) is 89.7 Å². The highest BCUT2D eigenvalue weighted by Crippen LogP contribution is 2.42. The lowest BCUT2D eigenvalue weighted by Crippen LogP contribution is -2.57. The standard InChI is InChI=1S/C31H34F5N7O2/c1-20(32)28(44)43-15-14-41(17-21(43)16-37-2)27-22-8-13-40(25-7-3-6-23(33)26(25)31(34,35)36)18-24(22)38-29(39-27)45-19-30-9-4-11-42(30)12-5-10-30/h3,6-7,21H,1,4-5,8-19H2/t21-/m0/s1. The zero-order chi connectivity index (χ0) is 31.9. The number of ether oxygens (including phenoxy) is 1. The van der Waals surface area contributed by atoms with Gasteiger partial charge in [0.15, 0.2) is 5.83 Å². The third-order valence-electron chi connectivity index (χ3n) is 9.50. The summed E-state index contributed by atoms with van der Waals surface area (Å²) in [6, 6.07) is 2.78. The van der Waals surface area contributed by atoms with Gasteiger partial charge in [0.05, 0.1) is 23.5 Å². The first-order chi connectivity index (χ1) is 21.5. The summed E-state index contributed by atoms with van der Waals surface area (Å²) >= 11 is 0. The minimum absolute atomic E-state index is 0.0311. The fourth-order valence-corrected chi connectivity index (χ4v) is 7.37. The third kappa shape index (κ3) is 5.90. The van der Waals surface area contributed by atoms with Gasteiger partial charge in [0.2, 0.25) is 6.54 Å². The molecule has 45 heavy (non-hydrogen) atoms. The van der Waals surface area contributed by atoms with Crippen LogP contribution in [0, 0.1) is 12.4 Å². The number of alkyl halides is 3. The number of aromatic nitrogens is 2. The van der Waals surface area contributed by atoms with Crippen molar-refractivity contribution in [3.63, 3.8) is 0 Å². The summed E-state index contributed by atoms with van der Waals surface area (Å²) in [5.74, 6) is -2.79. The van der Waals surface area contributed by atoms with Gasteiger partial charge in [-0.15, -0.1) is 0 Å². The monoisotopic (exact) mass is 631 g/mol. The SMILES string of the molecule is [C-]#[N+]C[C@H]1CN(c2nc(OCC34CCCN3CCC4)nc3c2CCN(c2cccc(F)c2C(F)(F)F)C3)CCN1C(=O)C(=C)F. The Balaban J connectivity index is 1.34. The highest BCUT2D eigenvalue weighted by molar-refractivity contribution is 5.91. The molecule has 3 saturated heterocycles. The summed E-state index contributed by atoms with van der Waals surface area (Å²) in [5, 5.41) is 0. The van der Waals surface area contributed by atoms with Gasteiger partial charge in [-0.1, -0.05) is 12.6 Å². The number of carbonyl (C=O) groups is 1. The maximum atomic E-state index is 14.5. The van der Waals surface area contributed by atoms with E-state index in [1.807, 2.05) is 4.90 Å². The van der Waals surface area contributed by atoms with Crippen molar-refractivity contribution in [1.82, 2.24) is 19.8 Å². The molecule has 240 valence electrons. The number of benzene rings is 1. The normalized spacial score (nSPS) is 21.3. The molecular formula is C31H34F5N7O2. The summed E-state index contributed by atoms with van der Waals surface area (Å²) in [5.41, 5.74) is -0.517. The second-order valence-corrected chi connectivity index (χ2v) is 12.1. The molecule has 6 rings (SSSR count). The lowest BCUT2D eigenvalue weighted by molar-refractivity contribution is -0.139. The predicted molar refractivity (Wildman–Crippen MR) is 156 cm³/mol. The molecule has 0 saturated carbocycles. The van der Waals surface area contributed by atoms with Crippen LogP contribution in [-0.2, 0) is 23.9 Å². The Kier molecular flexibility index (Phi) is 8.32. The Labute approximate surface area is 258 Å². The first-order valence-corrected chi connectivity index (χ1v) is 15.1. The van der Waals surface area contributed by atoms with Crippen molar-refractivity contribution in [2.24, 2.45) is 0 Å². The van der Waals surface area contributed by atoms with Crippen molar-refractivity contribution in [1.29, 1.82) is 0 Å². The van der Waals surface area contributed by atoms with Crippen molar-refractivity contribution in [2.45, 2.75) is 56.4 Å². The number of rotatable bonds is 7. The topological polar surface area (TPSA) is 69.4 Å². The minimum atomic E-state index is -4.89. The number of hydrogen-bond donors (Lipinski definition) is 0. The summed E-state index contributed by atoms with van der Waals surface area (Å²) in [6.45, 7) is 13.5. The van der Waals surface area contributed by atoms with Gasteiger partial charge in [0.25, 0.3) is 5.91 Å². The van der Waals surface area contributed by atoms with E-state index >= 15 is 0 Å². The van der Waals surface area contributed by atoms with Crippen LogP contribution in [0.15, 0.2) is 30.6 Å². The third-order valence-corrected chi connectivity index (χ3v) is 9.50. The minimum Gasteiger partial charge on any atom is -0.461 e. The quantitative estimate of drug-likeness (QED) is 0.251. The van der Waals surface area contributed by atoms with E-state index < -0.39 is 35.3 Å². The Bertz CT molecular complexity index is 1520. The molecule has 0 bridgehead atoms. The van der Waals surface area contributed by atoms with Gasteiger partial charge in [-0.2, -0.15) is 23.1 Å². The molecular weight excluding hydrogens is 597 g/mol. The maximum absolute atomic E-state index is 14.5. The van der Waals surface area contributed by atoms with Gasteiger partial charge in [0.1, 0.15) is 29.8 Å². The van der Waals surface area contributed by atoms with E-state index in [1.165, 1.54) is 21.9 Å². The summed E-state index contributed by atoms with van der Waals surface area (Å²) in [7, 11) is 0. The molecule has 0 spiro atoms. The van der Waals surface area contributed by atoms with Crippen LogP contribution < -0.4 is 14.5 Å². The first-order valence-electron chi connectivity index (χ1n) is 15.1. The molecule has 14 heteroatoms. The second kappa shape index (κ2) is 12.1. The number of halogens is 5. The van der Waals surface area contributed by atoms with E-state index in [-0.39, 0.29) is 62.9 Å². The fraction of sp³-hybridized carbons (Fsp3) is 0.548. The molecule has 1 atom stereocenters. The second-order valence-electron chi connectivity index (χ2n) is 12.1. The zero-order valence-corrected chi connectivity index (χ0v) is 24.8. The van der Waals surface area contributed by atoms with Crippen molar-refractivity contribution in [3.8, 4) is 6.01 Å². The predicted octanol–water partition coefficient (Wildman–Crippen LogP) is 4.62. The molecule has 9 nitrogen and oxygen atoms in total. The molecule has 1 aromatic heterocycles. The van der Waals surface area contributed by atoms with E-state index in [0.29, 0.717) is 23.7 Å². The average molecular weight is 632 g/mol. The molecule has 0 aliphatic carbocycles. The van der Waals surface area contributed by atoms with Gasteiger partial charge in [-0.3, -0.25) is 9.69 Å². The van der Waals surface area contributed by atoms with Gasteiger partial charge in [0, 0.05) is 31.7 Å². The molecule has 3 fully saturated rings. The molecule has 1 aromatic carbocycles. The van der Waals surface area contributed by atoms with Crippen molar-refractivity contribution in [3.05, 3.63) is 64.7 Å². The number of hydrogen-bond acceptors (Lipinski definition) is 7. The lowest BCUT2D eigenvalue weighted by atomic mass is 9.95. The summed E-state index contributed by atoms with van der Waals surface area (Å²) in [6.07, 6.45) is -0.496. The number of amides is 1. The van der Waals surface area contributed by atoms with Crippen molar-refractivity contribution >= 4 is 17.4 Å². The zero-order valence-electron chi connectivity index (χ0n) is 24.8. The molecule has 4 aliphatic heterocycles. The maximum Gasteiger partial charge on any atom is 0.421 e. The molecule has 0 radical (unpaired) electrons. The van der Waals surface area contributed by atoms with E-state index in [0.717, 1.165) is 44.8 Å². The number of anilines is 2. The first kappa shape index (κ1) is 31.0. The fourth-order valence-electron chi connectivity index (χ4n) is 7.37. The van der Waals surface area contributed by atoms with Gasteiger partial charge in [-0.05, 0) is 57.3 Å². The Hall–Kier alpha value is -3.99. The van der Waals surface area contributed by atoms with E-state index in [9.17, 15) is 26.7 Å². The number of carbonyl (C=O) groups excluding carboxylic acids is 1. The molecule has 1 amide bonds. The Morgan fingerprint density at radius 3 is 2.56 bits per heavy atom. The van der Waals surface area contributed by atoms with Crippen molar-refractivity contribution in [2.75, 3.05) is 62.2 Å². The molecule has 0 N–H and O–H groups in total. The van der Waals surface area contributed by atoms with E-state index in [1.54, 1.807) is 0 Å². The summed E-state index contributed by atoms with van der Waals surface area (Å²) in [4.78, 5) is 32.5. The highest BCUT2D eigenvalue weighted by atomic mass is 19.4. The van der Waals surface area contributed by atoms with Crippen molar-refractivity contribution < 1.29 is 31.5 Å². The number of fused-ring (bicyclic) bond motifs is 2. The van der Waals surface area contributed by atoms with Crippen LogP contribution >= 0.6 is 0 Å². The Morgan fingerprint density at radius 1 is 1.11 bits per heavy atom. The van der Waals surface area contributed by atoms with E-state index in [2.05, 4.69) is 21.3 Å². The highest BCUT2D eigenvalue weighted by Gasteiger charge is 2.45. The molecule has 0 unspecified atom stereocenters. The number of nitrogens with zero attached hydrogens (tertiary/aromatic N) is 7. The smallest absolute Gasteiger partial charge is 0.421 e. The Morgan fingerprint density at radius 2 is 1.87 bits per heavy atom. The molecule has 4 aliphatic rings. The van der Waals surface area contributed by atoms with Crippen LogP contribution in [0.1, 0.15) is 42.5 Å².